The number of nitrogens with two attached hydrogens (primary N) is 1. The molecule has 3 N–H and O–H groups in total. The summed E-state index contributed by atoms with van der Waals surface area (Å²) in [5.74, 6) is 8.16. The van der Waals surface area contributed by atoms with Gasteiger partial charge < -0.3 is 4.57 Å². The van der Waals surface area contributed by atoms with E-state index in [0.29, 0.717) is 5.92 Å². The lowest BCUT2D eigenvalue weighted by atomic mass is 9.93. The average molecular weight is 260 g/mol. The maximum Gasteiger partial charge on any atom is 0.127 e. The summed E-state index contributed by atoms with van der Waals surface area (Å²) >= 11 is 1.89. The zero-order chi connectivity index (χ0) is 12.5. The van der Waals surface area contributed by atoms with Crippen LogP contribution in [0, 0.1) is 0 Å². The van der Waals surface area contributed by atoms with Crippen LogP contribution >= 0.6 is 11.8 Å². The second-order valence-electron chi connectivity index (χ2n) is 4.50. The third-order valence-corrected chi connectivity index (χ3v) is 4.66. The Bertz CT molecular complexity index is 551. The molecule has 1 aromatic heterocycles. The summed E-state index contributed by atoms with van der Waals surface area (Å²) in [4.78, 5) is 5.77. The fraction of sp³-hybridized carbons (Fsp3) is 0.308. The predicted octanol–water partition coefficient (Wildman–Crippen LogP) is 1.81. The number of rotatable bonds is 3. The average Bonchev–Trinajstić information content (AvgIpc) is 2.99. The van der Waals surface area contributed by atoms with Gasteiger partial charge in [0.1, 0.15) is 5.82 Å². The van der Waals surface area contributed by atoms with Crippen LogP contribution in [-0.4, -0.2) is 15.3 Å². The molecule has 94 valence electrons. The van der Waals surface area contributed by atoms with Gasteiger partial charge in [-0.1, -0.05) is 18.2 Å². The molecule has 0 bridgehead atoms. The zero-order valence-corrected chi connectivity index (χ0v) is 11.0. The molecule has 0 saturated carbocycles. The van der Waals surface area contributed by atoms with Crippen molar-refractivity contribution >= 4 is 11.8 Å². The van der Waals surface area contributed by atoms with E-state index in [1.54, 1.807) is 0 Å². The lowest BCUT2D eigenvalue weighted by Gasteiger charge is -2.22. The van der Waals surface area contributed by atoms with Gasteiger partial charge in [0.25, 0.3) is 0 Å². The van der Waals surface area contributed by atoms with Gasteiger partial charge in [-0.3, -0.25) is 5.84 Å². The van der Waals surface area contributed by atoms with Crippen LogP contribution in [0.15, 0.2) is 41.6 Å². The molecule has 1 aromatic carbocycles. The van der Waals surface area contributed by atoms with Crippen LogP contribution in [0.25, 0.3) is 0 Å². The van der Waals surface area contributed by atoms with Gasteiger partial charge in [0, 0.05) is 36.0 Å². The van der Waals surface area contributed by atoms with Crippen molar-refractivity contribution in [1.29, 1.82) is 0 Å². The molecule has 1 aliphatic heterocycles. The lowest BCUT2D eigenvalue weighted by molar-refractivity contribution is 0.451. The number of nitrogens with one attached hydrogen (secondary N) is 1. The fourth-order valence-electron chi connectivity index (χ4n) is 2.51. The molecule has 5 heteroatoms. The molecule has 0 fully saturated rings. The highest BCUT2D eigenvalue weighted by Crippen LogP contribution is 2.44. The summed E-state index contributed by atoms with van der Waals surface area (Å²) in [6.07, 6.45) is 3.77. The molecule has 0 amide bonds. The van der Waals surface area contributed by atoms with E-state index in [4.69, 9.17) is 5.84 Å². The molecule has 3 rings (SSSR count). The van der Waals surface area contributed by atoms with Crippen LogP contribution in [0.1, 0.15) is 23.3 Å². The molecule has 1 aliphatic rings. The molecular weight excluding hydrogens is 244 g/mol. The van der Waals surface area contributed by atoms with Gasteiger partial charge >= 0.3 is 0 Å². The van der Waals surface area contributed by atoms with Crippen LogP contribution in [0.2, 0.25) is 0 Å². The molecule has 2 heterocycles. The fourth-order valence-corrected chi connectivity index (χ4v) is 3.80. The van der Waals surface area contributed by atoms with Crippen molar-refractivity contribution in [2.45, 2.75) is 16.9 Å². The Morgan fingerprint density at radius 2 is 2.33 bits per heavy atom. The van der Waals surface area contributed by atoms with Crippen molar-refractivity contribution in [1.82, 2.24) is 15.0 Å². The number of fused-ring (bicyclic) bond motifs is 1. The minimum atomic E-state index is 0.0566. The summed E-state index contributed by atoms with van der Waals surface area (Å²) < 4.78 is 2.02. The summed E-state index contributed by atoms with van der Waals surface area (Å²) in [7, 11) is 2.00. The van der Waals surface area contributed by atoms with Gasteiger partial charge in [0.05, 0.1) is 6.04 Å². The van der Waals surface area contributed by atoms with Crippen molar-refractivity contribution in [3.05, 3.63) is 48.0 Å². The Morgan fingerprint density at radius 1 is 1.50 bits per heavy atom. The van der Waals surface area contributed by atoms with Gasteiger partial charge in [-0.05, 0) is 11.6 Å². The molecule has 2 atom stereocenters. The van der Waals surface area contributed by atoms with E-state index in [9.17, 15) is 0 Å². The second-order valence-corrected chi connectivity index (χ2v) is 5.56. The minimum absolute atomic E-state index is 0.0566. The topological polar surface area (TPSA) is 55.9 Å². The number of hydrogen-bond acceptors (Lipinski definition) is 4. The van der Waals surface area contributed by atoms with E-state index in [2.05, 4.69) is 34.7 Å². The van der Waals surface area contributed by atoms with Gasteiger partial charge in [0.2, 0.25) is 0 Å². The number of nitrogens with zero attached hydrogens (tertiary/aromatic N) is 2. The first-order valence-corrected chi connectivity index (χ1v) is 6.95. The van der Waals surface area contributed by atoms with Crippen molar-refractivity contribution in [3.63, 3.8) is 0 Å². The highest BCUT2D eigenvalue weighted by Gasteiger charge is 2.32. The van der Waals surface area contributed by atoms with Gasteiger partial charge in [-0.2, -0.15) is 0 Å². The van der Waals surface area contributed by atoms with E-state index in [1.165, 1.54) is 10.5 Å². The number of aromatic nitrogens is 2. The first kappa shape index (κ1) is 11.8. The van der Waals surface area contributed by atoms with Gasteiger partial charge in [0.15, 0.2) is 0 Å². The smallest absolute Gasteiger partial charge is 0.127 e. The molecule has 18 heavy (non-hydrogen) atoms. The summed E-state index contributed by atoms with van der Waals surface area (Å²) in [5, 5.41) is 0. The summed E-state index contributed by atoms with van der Waals surface area (Å²) in [5.41, 5.74) is 4.30. The Morgan fingerprint density at radius 3 is 3.06 bits per heavy atom. The first-order chi connectivity index (χ1) is 8.81. The van der Waals surface area contributed by atoms with Gasteiger partial charge in [-0.25, -0.2) is 10.4 Å². The maximum absolute atomic E-state index is 5.76. The van der Waals surface area contributed by atoms with Gasteiger partial charge in [-0.15, -0.1) is 11.8 Å². The Kier molecular flexibility index (Phi) is 3.11. The first-order valence-electron chi connectivity index (χ1n) is 5.96. The maximum atomic E-state index is 5.76. The van der Waals surface area contributed by atoms with Crippen LogP contribution in [0.3, 0.4) is 0 Å². The third kappa shape index (κ3) is 1.84. The second kappa shape index (κ2) is 4.76. The predicted molar refractivity (Wildman–Crippen MR) is 73.2 cm³/mol. The molecule has 0 aliphatic carbocycles. The van der Waals surface area contributed by atoms with Crippen LogP contribution < -0.4 is 11.3 Å². The number of aryl methyl sites for hydroxylation is 1. The van der Waals surface area contributed by atoms with Crippen molar-refractivity contribution < 1.29 is 0 Å². The standard InChI is InChI=1S/C13H16N4S/c1-17-7-6-15-13(17)12(16-14)10-8-18-11-5-3-2-4-9(10)11/h2-7,10,12,16H,8,14H2,1H3. The van der Waals surface area contributed by atoms with E-state index in [-0.39, 0.29) is 6.04 Å². The van der Waals surface area contributed by atoms with E-state index in [0.717, 1.165) is 11.6 Å². The number of hydrazine groups is 1. The Hall–Kier alpha value is -1.30. The molecule has 0 spiro atoms. The summed E-state index contributed by atoms with van der Waals surface area (Å²) in [6, 6.07) is 8.59. The van der Waals surface area contributed by atoms with Crippen molar-refractivity contribution in [3.8, 4) is 0 Å². The Balaban J connectivity index is 1.98. The molecule has 0 radical (unpaired) electrons. The lowest BCUT2D eigenvalue weighted by Crippen LogP contribution is -2.34. The Labute approximate surface area is 111 Å². The quantitative estimate of drug-likeness (QED) is 0.653. The number of hydrogen-bond donors (Lipinski definition) is 2. The highest BCUT2D eigenvalue weighted by molar-refractivity contribution is 7.99. The molecule has 0 saturated heterocycles. The van der Waals surface area contributed by atoms with Crippen LogP contribution in [0.5, 0.6) is 0 Å². The SMILES string of the molecule is Cn1ccnc1C(NN)C1CSc2ccccc21. The number of imidazole rings is 1. The largest absolute Gasteiger partial charge is 0.337 e. The zero-order valence-electron chi connectivity index (χ0n) is 10.2. The monoisotopic (exact) mass is 260 g/mol. The normalized spacial score (nSPS) is 19.8. The van der Waals surface area contributed by atoms with Crippen molar-refractivity contribution in [2.75, 3.05) is 5.75 Å². The molecule has 2 aromatic rings. The molecular formula is C13H16N4S. The van der Waals surface area contributed by atoms with E-state index < -0.39 is 0 Å². The minimum Gasteiger partial charge on any atom is -0.337 e. The third-order valence-electron chi connectivity index (χ3n) is 3.46. The number of benzene rings is 1. The van der Waals surface area contributed by atoms with Crippen LogP contribution in [0.4, 0.5) is 0 Å². The molecule has 4 nitrogen and oxygen atoms in total. The summed E-state index contributed by atoms with van der Waals surface area (Å²) in [6.45, 7) is 0. The number of thioether (sulfide) groups is 1. The van der Waals surface area contributed by atoms with E-state index >= 15 is 0 Å². The van der Waals surface area contributed by atoms with E-state index in [1.807, 2.05) is 35.8 Å². The highest BCUT2D eigenvalue weighted by atomic mass is 32.2. The molecule has 2 unspecified atom stereocenters. The van der Waals surface area contributed by atoms with Crippen LogP contribution in [-0.2, 0) is 7.05 Å². The van der Waals surface area contributed by atoms with Crippen molar-refractivity contribution in [2.24, 2.45) is 12.9 Å².